The van der Waals surface area contributed by atoms with Crippen molar-refractivity contribution in [3.63, 3.8) is 0 Å². The van der Waals surface area contributed by atoms with Crippen LogP contribution in [0, 0.1) is 0 Å². The van der Waals surface area contributed by atoms with Gasteiger partial charge in [-0.05, 0) is 31.9 Å². The van der Waals surface area contributed by atoms with E-state index in [4.69, 9.17) is 4.74 Å². The predicted molar refractivity (Wildman–Crippen MR) is 113 cm³/mol. The van der Waals surface area contributed by atoms with Crippen LogP contribution < -0.4 is 5.32 Å². The maximum Gasteiger partial charge on any atom is 0.230 e. The molecule has 0 radical (unpaired) electrons. The zero-order valence-corrected chi connectivity index (χ0v) is 18.2. The Hall–Kier alpha value is -2.46. The summed E-state index contributed by atoms with van der Waals surface area (Å²) < 4.78 is 6.93. The van der Waals surface area contributed by atoms with Gasteiger partial charge in [0.2, 0.25) is 11.8 Å². The summed E-state index contributed by atoms with van der Waals surface area (Å²) in [7, 11) is 1.60. The third kappa shape index (κ3) is 6.02. The highest BCUT2D eigenvalue weighted by atomic mass is 32.2. The van der Waals surface area contributed by atoms with Gasteiger partial charge in [-0.3, -0.25) is 19.1 Å². The van der Waals surface area contributed by atoms with Crippen molar-refractivity contribution in [1.29, 1.82) is 0 Å². The van der Waals surface area contributed by atoms with Crippen molar-refractivity contribution in [1.82, 2.24) is 30.0 Å². The van der Waals surface area contributed by atoms with Crippen molar-refractivity contribution >= 4 is 23.6 Å². The van der Waals surface area contributed by atoms with E-state index < -0.39 is 0 Å². The number of carbonyl (C=O) groups is 2. The molecule has 1 aliphatic heterocycles. The monoisotopic (exact) mass is 432 g/mol. The molecule has 162 valence electrons. The first-order valence-corrected chi connectivity index (χ1v) is 11.1. The summed E-state index contributed by atoms with van der Waals surface area (Å²) in [6.07, 6.45) is 6.99. The van der Waals surface area contributed by atoms with Gasteiger partial charge in [0.15, 0.2) is 11.0 Å². The van der Waals surface area contributed by atoms with Gasteiger partial charge in [0.25, 0.3) is 0 Å². The Labute approximate surface area is 180 Å². The number of likely N-dealkylation sites (tertiary alicyclic amines) is 1. The number of aromatic nitrogens is 4. The van der Waals surface area contributed by atoms with E-state index in [1.165, 1.54) is 11.8 Å². The Balaban J connectivity index is 1.76. The molecule has 1 N–H and O–H groups in total. The second-order valence-electron chi connectivity index (χ2n) is 7.28. The number of hydrogen-bond acceptors (Lipinski definition) is 7. The highest BCUT2D eigenvalue weighted by Gasteiger charge is 2.22. The predicted octanol–water partition coefficient (Wildman–Crippen LogP) is 1.81. The van der Waals surface area contributed by atoms with E-state index >= 15 is 0 Å². The van der Waals surface area contributed by atoms with Gasteiger partial charge >= 0.3 is 0 Å². The second-order valence-corrected chi connectivity index (χ2v) is 8.23. The van der Waals surface area contributed by atoms with Crippen LogP contribution in [0.4, 0.5) is 0 Å². The number of carbonyl (C=O) groups excluding carboxylic acids is 2. The zero-order valence-electron chi connectivity index (χ0n) is 17.4. The minimum absolute atomic E-state index is 0.0658. The number of nitrogens with zero attached hydrogens (tertiary/aromatic N) is 5. The van der Waals surface area contributed by atoms with Crippen LogP contribution in [0.5, 0.6) is 0 Å². The van der Waals surface area contributed by atoms with Gasteiger partial charge < -0.3 is 15.0 Å². The molecular weight excluding hydrogens is 404 g/mol. The van der Waals surface area contributed by atoms with Crippen LogP contribution in [0.3, 0.4) is 0 Å². The summed E-state index contributed by atoms with van der Waals surface area (Å²) in [5.41, 5.74) is 0.801. The first kappa shape index (κ1) is 22.2. The van der Waals surface area contributed by atoms with E-state index in [-0.39, 0.29) is 23.6 Å². The first-order valence-electron chi connectivity index (χ1n) is 10.1. The van der Waals surface area contributed by atoms with Crippen LogP contribution in [0.2, 0.25) is 0 Å². The van der Waals surface area contributed by atoms with Gasteiger partial charge in [0, 0.05) is 32.3 Å². The highest BCUT2D eigenvalue weighted by molar-refractivity contribution is 7.99. The molecule has 9 nitrogen and oxygen atoms in total. The Kier molecular flexibility index (Phi) is 8.21. The average molecular weight is 433 g/mol. The van der Waals surface area contributed by atoms with E-state index in [2.05, 4.69) is 20.5 Å². The molecule has 2 amide bonds. The molecule has 0 aromatic carbocycles. The summed E-state index contributed by atoms with van der Waals surface area (Å²) in [6, 6.07) is 3.68. The van der Waals surface area contributed by atoms with E-state index in [1.54, 1.807) is 19.5 Å². The van der Waals surface area contributed by atoms with E-state index in [0.29, 0.717) is 30.6 Å². The summed E-state index contributed by atoms with van der Waals surface area (Å²) in [5.74, 6) is 0.909. The Morgan fingerprint density at radius 2 is 2.20 bits per heavy atom. The molecule has 0 bridgehead atoms. The lowest BCUT2D eigenvalue weighted by atomic mass is 10.2. The molecule has 0 spiro atoms. The number of methoxy groups -OCH3 is 1. The molecule has 1 fully saturated rings. The molecule has 1 saturated heterocycles. The van der Waals surface area contributed by atoms with Crippen LogP contribution in [-0.2, 0) is 20.9 Å². The average Bonchev–Trinajstić information content (AvgIpc) is 3.02. The van der Waals surface area contributed by atoms with Gasteiger partial charge in [0.1, 0.15) is 0 Å². The van der Waals surface area contributed by atoms with Crippen molar-refractivity contribution in [2.24, 2.45) is 0 Å². The maximum atomic E-state index is 12.4. The molecule has 1 unspecified atom stereocenters. The van der Waals surface area contributed by atoms with Gasteiger partial charge in [-0.2, -0.15) is 0 Å². The van der Waals surface area contributed by atoms with Gasteiger partial charge in [-0.15, -0.1) is 10.2 Å². The lowest BCUT2D eigenvalue weighted by Gasteiger charge is -2.20. The summed E-state index contributed by atoms with van der Waals surface area (Å²) >= 11 is 1.30. The van der Waals surface area contributed by atoms with E-state index in [9.17, 15) is 9.59 Å². The number of rotatable bonds is 9. The van der Waals surface area contributed by atoms with Gasteiger partial charge in [0.05, 0.1) is 30.8 Å². The van der Waals surface area contributed by atoms with E-state index in [1.807, 2.05) is 28.5 Å². The third-order valence-electron chi connectivity index (χ3n) is 4.76. The molecule has 1 aliphatic rings. The largest absolute Gasteiger partial charge is 0.383 e. The summed E-state index contributed by atoms with van der Waals surface area (Å²) in [4.78, 5) is 30.7. The molecule has 30 heavy (non-hydrogen) atoms. The number of ether oxygens (including phenoxy) is 1. The van der Waals surface area contributed by atoms with Crippen molar-refractivity contribution in [3.05, 3.63) is 30.4 Å². The van der Waals surface area contributed by atoms with Crippen LogP contribution in [0.25, 0.3) is 5.69 Å². The molecule has 2 aromatic heterocycles. The Morgan fingerprint density at radius 3 is 2.97 bits per heavy atom. The first-order chi connectivity index (χ1) is 14.6. The highest BCUT2D eigenvalue weighted by Crippen LogP contribution is 2.23. The number of hydrogen-bond donors (Lipinski definition) is 1. The Bertz CT molecular complexity index is 844. The molecule has 3 rings (SSSR count). The van der Waals surface area contributed by atoms with Crippen LogP contribution in [0.1, 0.15) is 38.4 Å². The molecule has 0 saturated carbocycles. The molecule has 3 heterocycles. The lowest BCUT2D eigenvalue weighted by molar-refractivity contribution is -0.131. The van der Waals surface area contributed by atoms with Gasteiger partial charge in [-0.25, -0.2) is 0 Å². The van der Waals surface area contributed by atoms with E-state index in [0.717, 1.165) is 31.5 Å². The van der Waals surface area contributed by atoms with Crippen LogP contribution in [-0.4, -0.2) is 68.5 Å². The summed E-state index contributed by atoms with van der Waals surface area (Å²) in [6.45, 7) is 3.45. The molecule has 1 atom stereocenters. The van der Waals surface area contributed by atoms with Crippen LogP contribution in [0.15, 0.2) is 29.7 Å². The lowest BCUT2D eigenvalue weighted by Crippen LogP contribution is -2.36. The second kappa shape index (κ2) is 11.1. The SMILES string of the molecule is COCC(C)NC(=O)CSc1nnc(CN2CCCCCC2=O)n1-c1cccnc1. The minimum atomic E-state index is -0.102. The number of amides is 2. The quantitative estimate of drug-likeness (QED) is 0.603. The minimum Gasteiger partial charge on any atom is -0.383 e. The van der Waals surface area contributed by atoms with Crippen molar-refractivity contribution in [2.75, 3.05) is 26.0 Å². The van der Waals surface area contributed by atoms with Crippen molar-refractivity contribution in [2.45, 2.75) is 50.4 Å². The standard InChI is InChI=1S/C20H28N6O3S/c1-15(13-29-2)22-18(27)14-30-20-24-23-17(26(20)16-7-6-9-21-11-16)12-25-10-5-3-4-8-19(25)28/h6-7,9,11,15H,3-5,8,10,12-14H2,1-2H3,(H,22,27). The number of pyridine rings is 1. The van der Waals surface area contributed by atoms with Crippen LogP contribution >= 0.6 is 11.8 Å². The molecule has 2 aromatic rings. The molecular formula is C20H28N6O3S. The third-order valence-corrected chi connectivity index (χ3v) is 5.69. The van der Waals surface area contributed by atoms with Crippen molar-refractivity contribution < 1.29 is 14.3 Å². The van der Waals surface area contributed by atoms with Gasteiger partial charge in [-0.1, -0.05) is 18.2 Å². The molecule has 0 aliphatic carbocycles. The normalized spacial score (nSPS) is 15.7. The maximum absolute atomic E-state index is 12.4. The topological polar surface area (TPSA) is 102 Å². The molecule has 10 heteroatoms. The smallest absolute Gasteiger partial charge is 0.230 e. The summed E-state index contributed by atoms with van der Waals surface area (Å²) in [5, 5.41) is 12.1. The number of nitrogens with one attached hydrogen (secondary N) is 1. The fourth-order valence-corrected chi connectivity index (χ4v) is 4.14. The Morgan fingerprint density at radius 1 is 1.33 bits per heavy atom. The zero-order chi connectivity index (χ0) is 21.3. The van der Waals surface area contributed by atoms with Crippen molar-refractivity contribution in [3.8, 4) is 5.69 Å². The number of thioether (sulfide) groups is 1. The fraction of sp³-hybridized carbons (Fsp3) is 0.550. The fourth-order valence-electron chi connectivity index (χ4n) is 3.36.